The van der Waals surface area contributed by atoms with Gasteiger partial charge in [-0.15, -0.1) is 11.8 Å². The predicted octanol–water partition coefficient (Wildman–Crippen LogP) is 3.05. The second kappa shape index (κ2) is 4.31. The molecule has 1 unspecified atom stereocenters. The Bertz CT molecular complexity index is 431. The molecule has 0 bridgehead atoms. The molecule has 2 rings (SSSR count). The molecule has 1 atom stereocenters. The Labute approximate surface area is 105 Å². The number of nitro benzene ring substituents is 1. The van der Waals surface area contributed by atoms with Crippen LogP contribution in [0.5, 0.6) is 0 Å². The highest BCUT2D eigenvalue weighted by Crippen LogP contribution is 2.47. The molecule has 92 valence electrons. The van der Waals surface area contributed by atoms with Crippen molar-refractivity contribution in [3.05, 3.63) is 39.9 Å². The van der Waals surface area contributed by atoms with E-state index in [2.05, 4.69) is 25.8 Å². The minimum Gasteiger partial charge on any atom is -0.289 e. The summed E-state index contributed by atoms with van der Waals surface area (Å²) in [5, 5.41) is 10.9. The van der Waals surface area contributed by atoms with Crippen molar-refractivity contribution in [2.75, 3.05) is 13.6 Å². The molecule has 0 N–H and O–H groups in total. The molecular weight excluding hydrogens is 236 g/mol. The van der Waals surface area contributed by atoms with Gasteiger partial charge in [-0.1, -0.05) is 0 Å². The Balaban J connectivity index is 2.21. The number of non-ortho nitro benzene ring substituents is 1. The number of benzene rings is 1. The van der Waals surface area contributed by atoms with Gasteiger partial charge in [0.2, 0.25) is 0 Å². The minimum absolute atomic E-state index is 0.152. The second-order valence-corrected chi connectivity index (χ2v) is 6.78. The number of nitrogens with zero attached hydrogens (tertiary/aromatic N) is 2. The predicted molar refractivity (Wildman–Crippen MR) is 70.1 cm³/mol. The fourth-order valence-electron chi connectivity index (χ4n) is 2.20. The summed E-state index contributed by atoms with van der Waals surface area (Å²) in [5.74, 6) is 0. The Morgan fingerprint density at radius 3 is 2.41 bits per heavy atom. The number of rotatable bonds is 2. The summed E-state index contributed by atoms with van der Waals surface area (Å²) in [5.41, 5.74) is 1.28. The Kier molecular flexibility index (Phi) is 3.14. The van der Waals surface area contributed by atoms with Crippen LogP contribution in [-0.2, 0) is 0 Å². The zero-order valence-electron chi connectivity index (χ0n) is 10.2. The third kappa shape index (κ3) is 2.61. The summed E-state index contributed by atoms with van der Waals surface area (Å²) in [4.78, 5) is 12.5. The van der Waals surface area contributed by atoms with Crippen molar-refractivity contribution < 1.29 is 4.92 Å². The summed E-state index contributed by atoms with van der Waals surface area (Å²) >= 11 is 1.90. The van der Waals surface area contributed by atoms with Gasteiger partial charge in [-0.2, -0.15) is 0 Å². The van der Waals surface area contributed by atoms with E-state index in [4.69, 9.17) is 0 Å². The minimum atomic E-state index is -0.362. The SMILES string of the molecule is CN1CC(C)(C)SC1c1ccc([N+](=O)[O-])cc1. The van der Waals surface area contributed by atoms with Crippen LogP contribution in [0.3, 0.4) is 0 Å². The van der Waals surface area contributed by atoms with Gasteiger partial charge in [0.25, 0.3) is 5.69 Å². The van der Waals surface area contributed by atoms with Gasteiger partial charge in [0.05, 0.1) is 10.3 Å². The van der Waals surface area contributed by atoms with E-state index in [1.165, 1.54) is 0 Å². The summed E-state index contributed by atoms with van der Waals surface area (Å²) < 4.78 is 0.237. The first-order valence-electron chi connectivity index (χ1n) is 5.51. The van der Waals surface area contributed by atoms with Crippen molar-refractivity contribution >= 4 is 17.4 Å². The first-order valence-corrected chi connectivity index (χ1v) is 6.39. The lowest BCUT2D eigenvalue weighted by Crippen LogP contribution is -2.23. The molecule has 4 nitrogen and oxygen atoms in total. The van der Waals surface area contributed by atoms with Gasteiger partial charge in [-0.25, -0.2) is 0 Å². The molecule has 1 aliphatic heterocycles. The van der Waals surface area contributed by atoms with E-state index in [-0.39, 0.29) is 15.4 Å². The number of nitro groups is 1. The van der Waals surface area contributed by atoms with E-state index in [0.29, 0.717) is 5.37 Å². The summed E-state index contributed by atoms with van der Waals surface area (Å²) in [7, 11) is 2.09. The standard InChI is InChI=1S/C12H16N2O2S/c1-12(2)8-13(3)11(17-12)9-4-6-10(7-5-9)14(15)16/h4-7,11H,8H2,1-3H3. The Morgan fingerprint density at radius 1 is 1.41 bits per heavy atom. The van der Waals surface area contributed by atoms with E-state index < -0.39 is 0 Å². The first kappa shape index (κ1) is 12.4. The third-order valence-electron chi connectivity index (χ3n) is 2.85. The van der Waals surface area contributed by atoms with Crippen molar-refractivity contribution in [1.29, 1.82) is 0 Å². The fourth-order valence-corrected chi connectivity index (χ4v) is 3.63. The number of hydrogen-bond donors (Lipinski definition) is 0. The zero-order valence-corrected chi connectivity index (χ0v) is 11.0. The first-order chi connectivity index (χ1) is 7.89. The van der Waals surface area contributed by atoms with E-state index >= 15 is 0 Å². The topological polar surface area (TPSA) is 46.4 Å². The smallest absolute Gasteiger partial charge is 0.269 e. The highest BCUT2D eigenvalue weighted by atomic mass is 32.2. The quantitative estimate of drug-likeness (QED) is 0.599. The van der Waals surface area contributed by atoms with Crippen LogP contribution >= 0.6 is 11.8 Å². The van der Waals surface area contributed by atoms with Crippen LogP contribution in [-0.4, -0.2) is 28.2 Å². The summed E-state index contributed by atoms with van der Waals surface area (Å²) in [6.07, 6.45) is 0. The number of thioether (sulfide) groups is 1. The maximum absolute atomic E-state index is 10.6. The van der Waals surface area contributed by atoms with Crippen LogP contribution in [0.1, 0.15) is 24.8 Å². The van der Waals surface area contributed by atoms with Gasteiger partial charge in [0.1, 0.15) is 0 Å². The molecule has 0 aromatic heterocycles. The van der Waals surface area contributed by atoms with Gasteiger partial charge in [-0.3, -0.25) is 15.0 Å². The van der Waals surface area contributed by atoms with Gasteiger partial charge in [-0.05, 0) is 38.6 Å². The normalized spacial score (nSPS) is 23.8. The van der Waals surface area contributed by atoms with Crippen LogP contribution < -0.4 is 0 Å². The molecule has 1 aromatic rings. The van der Waals surface area contributed by atoms with E-state index in [1.54, 1.807) is 12.1 Å². The molecule has 0 saturated carbocycles. The maximum Gasteiger partial charge on any atom is 0.269 e. The van der Waals surface area contributed by atoms with E-state index in [1.807, 2.05) is 23.9 Å². The van der Waals surface area contributed by atoms with Gasteiger partial charge in [0.15, 0.2) is 0 Å². The van der Waals surface area contributed by atoms with E-state index in [9.17, 15) is 10.1 Å². The highest BCUT2D eigenvalue weighted by molar-refractivity contribution is 8.01. The zero-order chi connectivity index (χ0) is 12.6. The molecule has 1 aromatic carbocycles. The molecule has 1 aliphatic rings. The molecule has 0 amide bonds. The summed E-state index contributed by atoms with van der Waals surface area (Å²) in [6, 6.07) is 6.87. The second-order valence-electron chi connectivity index (χ2n) is 4.99. The molecule has 0 aliphatic carbocycles. The fraction of sp³-hybridized carbons (Fsp3) is 0.500. The average Bonchev–Trinajstić information content (AvgIpc) is 2.52. The lowest BCUT2D eigenvalue weighted by Gasteiger charge is -2.18. The molecular formula is C12H16N2O2S. The lowest BCUT2D eigenvalue weighted by atomic mass is 10.1. The van der Waals surface area contributed by atoms with Crippen LogP contribution in [0.25, 0.3) is 0 Å². The van der Waals surface area contributed by atoms with Crippen molar-refractivity contribution in [3.63, 3.8) is 0 Å². The monoisotopic (exact) mass is 252 g/mol. The van der Waals surface area contributed by atoms with Gasteiger partial charge in [0, 0.05) is 23.4 Å². The van der Waals surface area contributed by atoms with Crippen LogP contribution in [0.15, 0.2) is 24.3 Å². The van der Waals surface area contributed by atoms with Gasteiger partial charge >= 0.3 is 0 Å². The van der Waals surface area contributed by atoms with Crippen LogP contribution in [0.2, 0.25) is 0 Å². The molecule has 1 heterocycles. The summed E-state index contributed by atoms with van der Waals surface area (Å²) in [6.45, 7) is 5.47. The van der Waals surface area contributed by atoms with Crippen molar-refractivity contribution in [2.24, 2.45) is 0 Å². The Hall–Kier alpha value is -1.07. The molecule has 1 fully saturated rings. The molecule has 0 radical (unpaired) electrons. The van der Waals surface area contributed by atoms with E-state index in [0.717, 1.165) is 12.1 Å². The molecule has 17 heavy (non-hydrogen) atoms. The lowest BCUT2D eigenvalue weighted by molar-refractivity contribution is -0.384. The van der Waals surface area contributed by atoms with Crippen LogP contribution in [0.4, 0.5) is 5.69 Å². The van der Waals surface area contributed by atoms with Crippen molar-refractivity contribution in [1.82, 2.24) is 4.90 Å². The largest absolute Gasteiger partial charge is 0.289 e. The number of hydrogen-bond acceptors (Lipinski definition) is 4. The average molecular weight is 252 g/mol. The molecule has 5 heteroatoms. The van der Waals surface area contributed by atoms with Crippen molar-refractivity contribution in [2.45, 2.75) is 24.0 Å². The third-order valence-corrected chi connectivity index (χ3v) is 4.47. The molecule has 1 saturated heterocycles. The molecule has 0 spiro atoms. The maximum atomic E-state index is 10.6. The van der Waals surface area contributed by atoms with Crippen LogP contribution in [0, 0.1) is 10.1 Å². The van der Waals surface area contributed by atoms with Crippen molar-refractivity contribution in [3.8, 4) is 0 Å². The highest BCUT2D eigenvalue weighted by Gasteiger charge is 2.36. The van der Waals surface area contributed by atoms with Gasteiger partial charge < -0.3 is 0 Å². The Morgan fingerprint density at radius 2 is 2.00 bits per heavy atom.